The Morgan fingerprint density at radius 1 is 1.29 bits per heavy atom. The lowest BCUT2D eigenvalue weighted by Crippen LogP contribution is -2.44. The first-order chi connectivity index (χ1) is 8.21. The van der Waals surface area contributed by atoms with Crippen LogP contribution in [0.15, 0.2) is 0 Å². The Kier molecular flexibility index (Phi) is 7.09. The maximum absolute atomic E-state index is 5.75. The lowest BCUT2D eigenvalue weighted by atomic mass is 9.78. The molecule has 0 spiro atoms. The van der Waals surface area contributed by atoms with Crippen LogP contribution in [-0.4, -0.2) is 30.6 Å². The first kappa shape index (κ1) is 14.9. The largest absolute Gasteiger partial charge is 0.304 e. The summed E-state index contributed by atoms with van der Waals surface area (Å²) >= 11 is 0. The molecule has 1 rings (SSSR count). The Morgan fingerprint density at radius 2 is 2.00 bits per heavy atom. The molecule has 17 heavy (non-hydrogen) atoms. The van der Waals surface area contributed by atoms with E-state index in [9.17, 15) is 0 Å². The van der Waals surface area contributed by atoms with Gasteiger partial charge in [0.1, 0.15) is 0 Å². The van der Waals surface area contributed by atoms with Crippen LogP contribution in [0.4, 0.5) is 0 Å². The molecule has 0 heterocycles. The molecule has 0 amide bonds. The second-order valence-corrected chi connectivity index (χ2v) is 5.62. The van der Waals surface area contributed by atoms with Crippen molar-refractivity contribution in [3.63, 3.8) is 0 Å². The number of nitrogens with two attached hydrogens (primary N) is 1. The number of hydrogen-bond acceptors (Lipinski definition) is 3. The summed E-state index contributed by atoms with van der Waals surface area (Å²) in [4.78, 5) is 2.48. The summed E-state index contributed by atoms with van der Waals surface area (Å²) in [6.07, 6.45) is 6.69. The highest BCUT2D eigenvalue weighted by Gasteiger charge is 2.25. The summed E-state index contributed by atoms with van der Waals surface area (Å²) in [5, 5.41) is 0. The zero-order valence-corrected chi connectivity index (χ0v) is 11.9. The van der Waals surface area contributed by atoms with Crippen LogP contribution >= 0.6 is 0 Å². The molecular formula is C14H31N3. The topological polar surface area (TPSA) is 41.3 Å². The zero-order chi connectivity index (χ0) is 12.7. The van der Waals surface area contributed by atoms with Crippen molar-refractivity contribution in [3.8, 4) is 0 Å². The van der Waals surface area contributed by atoms with Crippen LogP contribution in [0.5, 0.6) is 0 Å². The third kappa shape index (κ3) is 4.94. The van der Waals surface area contributed by atoms with Gasteiger partial charge in [0.25, 0.3) is 0 Å². The molecule has 0 aromatic carbocycles. The van der Waals surface area contributed by atoms with E-state index in [4.69, 9.17) is 5.84 Å². The zero-order valence-electron chi connectivity index (χ0n) is 11.9. The van der Waals surface area contributed by atoms with Crippen molar-refractivity contribution in [1.82, 2.24) is 10.3 Å². The third-order valence-corrected chi connectivity index (χ3v) is 4.41. The van der Waals surface area contributed by atoms with E-state index in [1.165, 1.54) is 38.6 Å². The maximum Gasteiger partial charge on any atom is 0.0251 e. The standard InChI is InChI=1S/C14H31N3/c1-4-17(5-2)10-9-14(16-15)13-8-6-7-12(3)11-13/h12-14,16H,4-11,15H2,1-3H3. The summed E-state index contributed by atoms with van der Waals surface area (Å²) in [5.41, 5.74) is 3.07. The molecule has 1 fully saturated rings. The first-order valence-electron chi connectivity index (χ1n) is 7.39. The maximum atomic E-state index is 5.75. The van der Waals surface area contributed by atoms with Crippen LogP contribution in [0.3, 0.4) is 0 Å². The SMILES string of the molecule is CCN(CC)CCC(NN)C1CCCC(C)C1. The van der Waals surface area contributed by atoms with Crippen LogP contribution in [0, 0.1) is 11.8 Å². The molecule has 0 bridgehead atoms. The second-order valence-electron chi connectivity index (χ2n) is 5.62. The van der Waals surface area contributed by atoms with E-state index in [0.29, 0.717) is 6.04 Å². The first-order valence-corrected chi connectivity index (χ1v) is 7.39. The average molecular weight is 241 g/mol. The van der Waals surface area contributed by atoms with E-state index in [-0.39, 0.29) is 0 Å². The number of hydrogen-bond donors (Lipinski definition) is 2. The Bertz CT molecular complexity index is 192. The third-order valence-electron chi connectivity index (χ3n) is 4.41. The van der Waals surface area contributed by atoms with Crippen molar-refractivity contribution in [2.45, 2.75) is 58.9 Å². The Balaban J connectivity index is 2.36. The van der Waals surface area contributed by atoms with Crippen LogP contribution in [0.2, 0.25) is 0 Å². The minimum absolute atomic E-state index is 0.512. The van der Waals surface area contributed by atoms with Gasteiger partial charge in [-0.15, -0.1) is 0 Å². The molecule has 0 aromatic heterocycles. The van der Waals surface area contributed by atoms with Gasteiger partial charge in [-0.3, -0.25) is 11.3 Å². The van der Waals surface area contributed by atoms with Crippen molar-refractivity contribution >= 4 is 0 Å². The van der Waals surface area contributed by atoms with E-state index in [2.05, 4.69) is 31.1 Å². The van der Waals surface area contributed by atoms with Crippen molar-refractivity contribution in [2.75, 3.05) is 19.6 Å². The van der Waals surface area contributed by atoms with Gasteiger partial charge >= 0.3 is 0 Å². The van der Waals surface area contributed by atoms with Gasteiger partial charge in [-0.05, 0) is 50.7 Å². The van der Waals surface area contributed by atoms with E-state index in [0.717, 1.165) is 24.9 Å². The van der Waals surface area contributed by atoms with E-state index in [1.54, 1.807) is 0 Å². The van der Waals surface area contributed by atoms with E-state index in [1.807, 2.05) is 0 Å². The number of nitrogens with one attached hydrogen (secondary N) is 1. The molecule has 0 aromatic rings. The average Bonchev–Trinajstić information content (AvgIpc) is 2.35. The highest BCUT2D eigenvalue weighted by molar-refractivity contribution is 4.81. The second kappa shape index (κ2) is 8.06. The van der Waals surface area contributed by atoms with Crippen molar-refractivity contribution < 1.29 is 0 Å². The molecule has 3 nitrogen and oxygen atoms in total. The fraction of sp³-hybridized carbons (Fsp3) is 1.00. The fourth-order valence-electron chi connectivity index (χ4n) is 3.16. The Morgan fingerprint density at radius 3 is 2.53 bits per heavy atom. The number of hydrazine groups is 1. The highest BCUT2D eigenvalue weighted by atomic mass is 15.2. The summed E-state index contributed by atoms with van der Waals surface area (Å²) in [6.45, 7) is 10.3. The van der Waals surface area contributed by atoms with Crippen molar-refractivity contribution in [1.29, 1.82) is 0 Å². The smallest absolute Gasteiger partial charge is 0.0251 e. The van der Waals surface area contributed by atoms with E-state index < -0.39 is 0 Å². The number of rotatable bonds is 7. The van der Waals surface area contributed by atoms with Gasteiger partial charge < -0.3 is 4.90 Å². The molecule has 3 atom stereocenters. The van der Waals surface area contributed by atoms with Gasteiger partial charge in [0, 0.05) is 6.04 Å². The minimum atomic E-state index is 0.512. The normalized spacial score (nSPS) is 27.4. The predicted octanol–water partition coefficient (Wildman–Crippen LogP) is 2.38. The Labute approximate surface area is 107 Å². The summed E-state index contributed by atoms with van der Waals surface area (Å²) in [7, 11) is 0. The lowest BCUT2D eigenvalue weighted by molar-refractivity contribution is 0.195. The van der Waals surface area contributed by atoms with Gasteiger partial charge in [-0.1, -0.05) is 33.6 Å². The molecule has 3 heteroatoms. The van der Waals surface area contributed by atoms with Crippen LogP contribution in [0.25, 0.3) is 0 Å². The molecule has 0 radical (unpaired) electrons. The molecule has 3 unspecified atom stereocenters. The monoisotopic (exact) mass is 241 g/mol. The lowest BCUT2D eigenvalue weighted by Gasteiger charge is -2.34. The number of nitrogens with zero attached hydrogens (tertiary/aromatic N) is 1. The summed E-state index contributed by atoms with van der Waals surface area (Å²) < 4.78 is 0. The van der Waals surface area contributed by atoms with Crippen LogP contribution < -0.4 is 11.3 Å². The van der Waals surface area contributed by atoms with E-state index >= 15 is 0 Å². The molecule has 102 valence electrons. The fourth-order valence-corrected chi connectivity index (χ4v) is 3.16. The molecule has 1 aliphatic rings. The van der Waals surface area contributed by atoms with Gasteiger partial charge in [0.05, 0.1) is 0 Å². The summed E-state index contributed by atoms with van der Waals surface area (Å²) in [6, 6.07) is 0.512. The van der Waals surface area contributed by atoms with Gasteiger partial charge in [-0.25, -0.2) is 0 Å². The molecule has 1 aliphatic carbocycles. The van der Waals surface area contributed by atoms with Crippen molar-refractivity contribution in [2.24, 2.45) is 17.7 Å². The molecule has 1 saturated carbocycles. The van der Waals surface area contributed by atoms with Gasteiger partial charge in [-0.2, -0.15) is 0 Å². The molecule has 0 aliphatic heterocycles. The molecular weight excluding hydrogens is 210 g/mol. The van der Waals surface area contributed by atoms with Gasteiger partial charge in [0.15, 0.2) is 0 Å². The summed E-state index contributed by atoms with van der Waals surface area (Å²) in [5.74, 6) is 7.43. The predicted molar refractivity (Wildman–Crippen MR) is 74.6 cm³/mol. The van der Waals surface area contributed by atoms with Gasteiger partial charge in [0.2, 0.25) is 0 Å². The quantitative estimate of drug-likeness (QED) is 0.531. The Hall–Kier alpha value is -0.120. The highest BCUT2D eigenvalue weighted by Crippen LogP contribution is 2.31. The molecule has 0 saturated heterocycles. The van der Waals surface area contributed by atoms with Crippen LogP contribution in [0.1, 0.15) is 52.9 Å². The van der Waals surface area contributed by atoms with Crippen molar-refractivity contribution in [3.05, 3.63) is 0 Å². The minimum Gasteiger partial charge on any atom is -0.304 e. The molecule has 3 N–H and O–H groups in total. The van der Waals surface area contributed by atoms with Crippen LogP contribution in [-0.2, 0) is 0 Å².